The number of benzene rings is 1. The van der Waals surface area contributed by atoms with Crippen LogP contribution in [0, 0.1) is 0 Å². The van der Waals surface area contributed by atoms with Gasteiger partial charge in [0.2, 0.25) is 0 Å². The molecule has 1 atom stereocenters. The third-order valence-corrected chi connectivity index (χ3v) is 5.26. The van der Waals surface area contributed by atoms with Gasteiger partial charge in [0.15, 0.2) is 0 Å². The molecule has 1 aromatic carbocycles. The summed E-state index contributed by atoms with van der Waals surface area (Å²) in [6.45, 7) is 3.66. The normalized spacial score (nSPS) is 21.1. The average Bonchev–Trinajstić information content (AvgIpc) is 3.06. The summed E-state index contributed by atoms with van der Waals surface area (Å²) in [4.78, 5) is 28.0. The Labute approximate surface area is 145 Å². The molecular formula is C18H23N4O3+. The van der Waals surface area contributed by atoms with Crippen molar-refractivity contribution < 1.29 is 14.0 Å². The van der Waals surface area contributed by atoms with Crippen LogP contribution in [0.1, 0.15) is 24.0 Å². The molecule has 1 saturated heterocycles. The van der Waals surface area contributed by atoms with Gasteiger partial charge in [0, 0.05) is 32.2 Å². The number of piperidine rings is 1. The van der Waals surface area contributed by atoms with Gasteiger partial charge in [0.25, 0.3) is 18.6 Å². The molecule has 1 N–H and O–H groups in total. The molecule has 0 bridgehead atoms. The molecule has 0 spiro atoms. The lowest BCUT2D eigenvalue weighted by molar-refractivity contribution is -0.751. The summed E-state index contributed by atoms with van der Waals surface area (Å²) >= 11 is 0. The van der Waals surface area contributed by atoms with Crippen LogP contribution in [0.5, 0.6) is 0 Å². The highest BCUT2D eigenvalue weighted by Gasteiger charge is 2.31. The number of nitrogens with zero attached hydrogens (tertiary/aromatic N) is 3. The lowest BCUT2D eigenvalue weighted by Crippen LogP contribution is -2.54. The van der Waals surface area contributed by atoms with Crippen molar-refractivity contribution in [3.8, 4) is 0 Å². The van der Waals surface area contributed by atoms with E-state index < -0.39 is 5.63 Å². The van der Waals surface area contributed by atoms with Gasteiger partial charge in [-0.2, -0.15) is 0 Å². The molecule has 1 fully saturated rings. The van der Waals surface area contributed by atoms with Crippen molar-refractivity contribution in [2.75, 3.05) is 19.6 Å². The van der Waals surface area contributed by atoms with Crippen LogP contribution in [0.2, 0.25) is 0 Å². The molecule has 2 aromatic rings. The highest BCUT2D eigenvalue weighted by Crippen LogP contribution is 2.24. The van der Waals surface area contributed by atoms with E-state index in [0.717, 1.165) is 45.4 Å². The minimum absolute atomic E-state index is 0.0177. The SMILES string of the molecule is O=C(C[n+]1cc(=O)o[nH]1)N1CCCC(N2CCc3ccccc3C2)C1. The molecular weight excluding hydrogens is 320 g/mol. The Kier molecular flexibility index (Phi) is 4.40. The van der Waals surface area contributed by atoms with Crippen LogP contribution in [-0.2, 0) is 24.3 Å². The maximum absolute atomic E-state index is 12.5. The fraction of sp³-hybridized carbons (Fsp3) is 0.500. The van der Waals surface area contributed by atoms with Crippen molar-refractivity contribution in [2.45, 2.75) is 38.4 Å². The van der Waals surface area contributed by atoms with E-state index in [4.69, 9.17) is 0 Å². The van der Waals surface area contributed by atoms with E-state index in [-0.39, 0.29) is 12.5 Å². The van der Waals surface area contributed by atoms with Crippen LogP contribution in [-0.4, -0.2) is 46.7 Å². The molecule has 1 amide bonds. The van der Waals surface area contributed by atoms with Crippen LogP contribution in [0.25, 0.3) is 0 Å². The number of likely N-dealkylation sites (tertiary alicyclic amines) is 1. The predicted molar refractivity (Wildman–Crippen MR) is 89.7 cm³/mol. The Morgan fingerprint density at radius 3 is 2.92 bits per heavy atom. The summed E-state index contributed by atoms with van der Waals surface area (Å²) in [6, 6.07) is 9.03. The third kappa shape index (κ3) is 3.51. The van der Waals surface area contributed by atoms with Gasteiger partial charge in [-0.05, 0) is 35.7 Å². The number of nitrogens with one attached hydrogen (secondary N) is 1. The fourth-order valence-electron chi connectivity index (χ4n) is 3.92. The summed E-state index contributed by atoms with van der Waals surface area (Å²) in [5.41, 5.74) is 2.38. The third-order valence-electron chi connectivity index (χ3n) is 5.26. The maximum Gasteiger partial charge on any atom is 0.426 e. The largest absolute Gasteiger partial charge is 0.426 e. The van der Waals surface area contributed by atoms with Gasteiger partial charge in [0.05, 0.1) is 0 Å². The highest BCUT2D eigenvalue weighted by atomic mass is 16.5. The molecule has 2 aliphatic heterocycles. The Hall–Kier alpha value is -2.41. The van der Waals surface area contributed by atoms with E-state index in [9.17, 15) is 9.59 Å². The van der Waals surface area contributed by atoms with Crippen LogP contribution in [0.4, 0.5) is 0 Å². The highest BCUT2D eigenvalue weighted by molar-refractivity contribution is 5.74. The van der Waals surface area contributed by atoms with Crippen molar-refractivity contribution in [1.82, 2.24) is 15.1 Å². The van der Waals surface area contributed by atoms with Gasteiger partial charge in [0.1, 0.15) is 0 Å². The summed E-state index contributed by atoms with van der Waals surface area (Å²) in [6.07, 6.45) is 4.48. The summed E-state index contributed by atoms with van der Waals surface area (Å²) in [7, 11) is 0. The second kappa shape index (κ2) is 6.84. The number of hydrogen-bond donors (Lipinski definition) is 1. The van der Waals surface area contributed by atoms with Crippen LogP contribution >= 0.6 is 0 Å². The van der Waals surface area contributed by atoms with E-state index in [1.54, 1.807) is 0 Å². The number of amides is 1. The Bertz CT molecular complexity index is 812. The minimum atomic E-state index is -0.476. The lowest BCUT2D eigenvalue weighted by atomic mass is 9.96. The Balaban J connectivity index is 1.39. The van der Waals surface area contributed by atoms with Crippen molar-refractivity contribution in [1.29, 1.82) is 0 Å². The van der Waals surface area contributed by atoms with Gasteiger partial charge in [-0.15, -0.1) is 0 Å². The molecule has 4 rings (SSSR count). The Morgan fingerprint density at radius 1 is 1.28 bits per heavy atom. The number of aromatic amines is 1. The van der Waals surface area contributed by atoms with E-state index in [1.165, 1.54) is 22.0 Å². The van der Waals surface area contributed by atoms with Crippen molar-refractivity contribution in [2.24, 2.45) is 0 Å². The molecule has 3 heterocycles. The molecule has 25 heavy (non-hydrogen) atoms. The molecule has 2 aliphatic rings. The van der Waals surface area contributed by atoms with Crippen LogP contribution in [0.3, 0.4) is 0 Å². The molecule has 132 valence electrons. The molecule has 1 unspecified atom stereocenters. The minimum Gasteiger partial charge on any atom is -0.336 e. The van der Waals surface area contributed by atoms with E-state index in [0.29, 0.717) is 6.04 Å². The molecule has 7 heteroatoms. The summed E-state index contributed by atoms with van der Waals surface area (Å²) in [5.74, 6) is 0.0177. The number of carbonyl (C=O) groups excluding carboxylic acids is 1. The van der Waals surface area contributed by atoms with Crippen molar-refractivity contribution >= 4 is 5.91 Å². The average molecular weight is 343 g/mol. The van der Waals surface area contributed by atoms with Gasteiger partial charge in [-0.1, -0.05) is 28.9 Å². The standard InChI is InChI=1S/C18H22N4O3/c23-17(12-22-13-18(24)25-19-22)21-8-3-6-16(11-21)20-9-7-14-4-1-2-5-15(14)10-20/h1-2,4-5,13,16H,3,6-12H2/p+1. The molecule has 0 aliphatic carbocycles. The second-order valence-electron chi connectivity index (χ2n) is 6.89. The van der Waals surface area contributed by atoms with Gasteiger partial charge in [-0.3, -0.25) is 14.2 Å². The number of carbonyl (C=O) groups is 1. The predicted octanol–water partition coefficient (Wildman–Crippen LogP) is 0.305. The first-order valence-electron chi connectivity index (χ1n) is 8.85. The fourth-order valence-corrected chi connectivity index (χ4v) is 3.92. The van der Waals surface area contributed by atoms with Crippen molar-refractivity contribution in [3.05, 3.63) is 52.0 Å². The first-order chi connectivity index (χ1) is 12.2. The van der Waals surface area contributed by atoms with Crippen LogP contribution < -0.4 is 10.3 Å². The zero-order valence-corrected chi connectivity index (χ0v) is 14.2. The first kappa shape index (κ1) is 16.1. The number of aromatic nitrogens is 2. The van der Waals surface area contributed by atoms with E-state index in [2.05, 4.69) is 39.0 Å². The molecule has 7 nitrogen and oxygen atoms in total. The van der Waals surface area contributed by atoms with Gasteiger partial charge in [-0.25, -0.2) is 4.79 Å². The monoisotopic (exact) mass is 343 g/mol. The first-order valence-corrected chi connectivity index (χ1v) is 8.85. The number of fused-ring (bicyclic) bond motifs is 1. The zero-order chi connectivity index (χ0) is 17.2. The Morgan fingerprint density at radius 2 is 2.12 bits per heavy atom. The van der Waals surface area contributed by atoms with E-state index >= 15 is 0 Å². The van der Waals surface area contributed by atoms with Gasteiger partial charge < -0.3 is 4.90 Å². The quantitative estimate of drug-likeness (QED) is 0.814. The van der Waals surface area contributed by atoms with E-state index in [1.807, 2.05) is 4.90 Å². The number of H-pyrrole nitrogens is 1. The van der Waals surface area contributed by atoms with Crippen molar-refractivity contribution in [3.63, 3.8) is 0 Å². The smallest absolute Gasteiger partial charge is 0.336 e. The molecule has 0 saturated carbocycles. The number of rotatable bonds is 3. The zero-order valence-electron chi connectivity index (χ0n) is 14.2. The summed E-state index contributed by atoms with van der Waals surface area (Å²) < 4.78 is 6.00. The maximum atomic E-state index is 12.5. The number of hydrogen-bond acceptors (Lipinski definition) is 4. The second-order valence-corrected chi connectivity index (χ2v) is 6.89. The van der Waals surface area contributed by atoms with Gasteiger partial charge >= 0.3 is 5.63 Å². The molecule has 0 radical (unpaired) electrons. The topological polar surface area (TPSA) is 73.4 Å². The summed E-state index contributed by atoms with van der Waals surface area (Å²) in [5, 5.41) is 2.43. The molecule has 1 aromatic heterocycles. The lowest BCUT2D eigenvalue weighted by Gasteiger charge is -2.41. The van der Waals surface area contributed by atoms with Crippen LogP contribution in [0.15, 0.2) is 39.8 Å².